The van der Waals surface area contributed by atoms with Crippen LogP contribution in [0.1, 0.15) is 19.3 Å². The van der Waals surface area contributed by atoms with Crippen LogP contribution in [0.4, 0.5) is 5.69 Å². The van der Waals surface area contributed by atoms with Gasteiger partial charge < -0.3 is 10.3 Å². The highest BCUT2D eigenvalue weighted by atomic mass is 32.2. The van der Waals surface area contributed by atoms with Crippen molar-refractivity contribution in [1.29, 1.82) is 0 Å². The minimum absolute atomic E-state index is 0.0660. The van der Waals surface area contributed by atoms with Crippen LogP contribution in [-0.2, 0) is 10.0 Å². The van der Waals surface area contributed by atoms with Gasteiger partial charge in [0.1, 0.15) is 0 Å². The van der Waals surface area contributed by atoms with Gasteiger partial charge in [-0.2, -0.15) is 0 Å². The van der Waals surface area contributed by atoms with Gasteiger partial charge in [-0.1, -0.05) is 0 Å². The maximum absolute atomic E-state index is 12.1. The maximum Gasteiger partial charge on any atom is 0.260 e. The number of nitrogens with two attached hydrogens (primary N) is 1. The van der Waals surface area contributed by atoms with Crippen LogP contribution in [-0.4, -0.2) is 44.5 Å². The van der Waals surface area contributed by atoms with E-state index >= 15 is 0 Å². The lowest BCUT2D eigenvalue weighted by molar-refractivity contribution is 0.334. The largest absolute Gasteiger partial charge is 0.321 e. The number of anilines is 1. The first kappa shape index (κ1) is 15.2. The van der Waals surface area contributed by atoms with Crippen molar-refractivity contribution >= 4 is 15.7 Å². The predicted molar refractivity (Wildman–Crippen MR) is 77.5 cm³/mol. The van der Waals surface area contributed by atoms with Crippen molar-refractivity contribution in [3.05, 3.63) is 18.3 Å². The van der Waals surface area contributed by atoms with Gasteiger partial charge in [-0.3, -0.25) is 5.84 Å². The van der Waals surface area contributed by atoms with Crippen LogP contribution < -0.4 is 16.0 Å². The van der Waals surface area contributed by atoms with Crippen molar-refractivity contribution in [2.75, 3.05) is 31.6 Å². The first-order valence-corrected chi connectivity index (χ1v) is 8.25. The SMILES string of the molecule is NNc1cccnc1S(=O)(=O)NCCCN1CCCC1. The first-order chi connectivity index (χ1) is 9.63. The normalized spacial score (nSPS) is 16.4. The standard InChI is InChI=1S/C12H21N5O2S/c13-16-11-5-3-6-14-12(11)20(18,19)15-7-4-10-17-8-1-2-9-17/h3,5-6,15-16H,1-2,4,7-10,13H2. The summed E-state index contributed by atoms with van der Waals surface area (Å²) in [6.45, 7) is 3.56. The molecule has 1 aromatic heterocycles. The van der Waals surface area contributed by atoms with Crippen molar-refractivity contribution in [2.45, 2.75) is 24.3 Å². The summed E-state index contributed by atoms with van der Waals surface area (Å²) in [7, 11) is -3.62. The van der Waals surface area contributed by atoms with E-state index in [4.69, 9.17) is 5.84 Å². The average Bonchev–Trinajstić information content (AvgIpc) is 2.97. The second kappa shape index (κ2) is 6.98. The molecule has 1 aromatic rings. The van der Waals surface area contributed by atoms with Gasteiger partial charge in [0, 0.05) is 12.7 Å². The molecule has 1 saturated heterocycles. The Bertz CT molecular complexity index is 528. The summed E-state index contributed by atoms with van der Waals surface area (Å²) in [5.41, 5.74) is 2.64. The molecule has 20 heavy (non-hydrogen) atoms. The number of rotatable bonds is 7. The van der Waals surface area contributed by atoms with Gasteiger partial charge in [0.25, 0.3) is 10.0 Å². The van der Waals surface area contributed by atoms with Crippen molar-refractivity contribution in [1.82, 2.24) is 14.6 Å². The third kappa shape index (κ3) is 3.89. The van der Waals surface area contributed by atoms with Crippen LogP contribution in [0.5, 0.6) is 0 Å². The van der Waals surface area contributed by atoms with Crippen molar-refractivity contribution in [3.8, 4) is 0 Å². The molecule has 0 unspecified atom stereocenters. The number of aromatic nitrogens is 1. The van der Waals surface area contributed by atoms with Crippen molar-refractivity contribution in [3.63, 3.8) is 0 Å². The molecule has 112 valence electrons. The summed E-state index contributed by atoms with van der Waals surface area (Å²) >= 11 is 0. The topological polar surface area (TPSA) is 100 Å². The fourth-order valence-electron chi connectivity index (χ4n) is 2.30. The zero-order chi connectivity index (χ0) is 14.4. The Balaban J connectivity index is 1.87. The summed E-state index contributed by atoms with van der Waals surface area (Å²) in [6.07, 6.45) is 4.70. The van der Waals surface area contributed by atoms with Gasteiger partial charge >= 0.3 is 0 Å². The number of hydrogen-bond acceptors (Lipinski definition) is 6. The van der Waals surface area contributed by atoms with Crippen LogP contribution in [0.2, 0.25) is 0 Å². The third-order valence-electron chi connectivity index (χ3n) is 3.32. The molecule has 0 atom stereocenters. The Morgan fingerprint density at radius 3 is 2.80 bits per heavy atom. The Hall–Kier alpha value is -1.22. The number of sulfonamides is 1. The quantitative estimate of drug-likeness (QED) is 0.376. The van der Waals surface area contributed by atoms with E-state index in [-0.39, 0.29) is 5.03 Å². The smallest absolute Gasteiger partial charge is 0.260 e. The number of likely N-dealkylation sites (tertiary alicyclic amines) is 1. The number of nitrogens with zero attached hydrogens (tertiary/aromatic N) is 2. The van der Waals surface area contributed by atoms with E-state index in [9.17, 15) is 8.42 Å². The molecule has 2 heterocycles. The van der Waals surface area contributed by atoms with E-state index in [1.807, 2.05) is 0 Å². The van der Waals surface area contributed by atoms with Gasteiger partial charge in [0.15, 0.2) is 5.03 Å². The van der Waals surface area contributed by atoms with E-state index in [1.165, 1.54) is 19.0 Å². The highest BCUT2D eigenvalue weighted by Gasteiger charge is 2.19. The number of hydrogen-bond donors (Lipinski definition) is 3. The molecule has 2 rings (SSSR count). The molecule has 7 nitrogen and oxygen atoms in total. The lowest BCUT2D eigenvalue weighted by Crippen LogP contribution is -2.30. The average molecular weight is 299 g/mol. The maximum atomic E-state index is 12.1. The first-order valence-electron chi connectivity index (χ1n) is 6.77. The van der Waals surface area contributed by atoms with Crippen LogP contribution in [0, 0.1) is 0 Å². The van der Waals surface area contributed by atoms with Crippen LogP contribution >= 0.6 is 0 Å². The van der Waals surface area contributed by atoms with Crippen LogP contribution in [0.3, 0.4) is 0 Å². The Kier molecular flexibility index (Phi) is 5.30. The molecule has 1 fully saturated rings. The van der Waals surface area contributed by atoms with Gasteiger partial charge in [-0.15, -0.1) is 0 Å². The zero-order valence-electron chi connectivity index (χ0n) is 11.4. The third-order valence-corrected chi connectivity index (χ3v) is 4.74. The monoisotopic (exact) mass is 299 g/mol. The van der Waals surface area contributed by atoms with E-state index < -0.39 is 10.0 Å². The van der Waals surface area contributed by atoms with Crippen molar-refractivity contribution < 1.29 is 8.42 Å². The highest BCUT2D eigenvalue weighted by Crippen LogP contribution is 2.16. The fraction of sp³-hybridized carbons (Fsp3) is 0.583. The Morgan fingerprint density at radius 2 is 2.10 bits per heavy atom. The van der Waals surface area contributed by atoms with E-state index in [2.05, 4.69) is 20.0 Å². The number of nitrogens with one attached hydrogen (secondary N) is 2. The Morgan fingerprint density at radius 1 is 1.35 bits per heavy atom. The molecule has 1 aliphatic rings. The van der Waals surface area contributed by atoms with E-state index in [1.54, 1.807) is 12.1 Å². The molecule has 0 radical (unpaired) electrons. The molecule has 0 spiro atoms. The molecule has 0 aromatic carbocycles. The molecular formula is C12H21N5O2S. The fourth-order valence-corrected chi connectivity index (χ4v) is 3.46. The zero-order valence-corrected chi connectivity index (χ0v) is 12.2. The second-order valence-corrected chi connectivity index (χ2v) is 6.48. The lowest BCUT2D eigenvalue weighted by Gasteiger charge is -2.14. The molecule has 0 bridgehead atoms. The number of nitrogen functional groups attached to an aromatic ring is 1. The van der Waals surface area contributed by atoms with E-state index in [0.29, 0.717) is 12.2 Å². The lowest BCUT2D eigenvalue weighted by atomic mass is 10.4. The Labute approximate surface area is 119 Å². The predicted octanol–water partition coefficient (Wildman–Crippen LogP) is 0.131. The molecule has 0 aliphatic carbocycles. The van der Waals surface area contributed by atoms with E-state index in [0.717, 1.165) is 26.1 Å². The molecule has 4 N–H and O–H groups in total. The summed E-state index contributed by atoms with van der Waals surface area (Å²) in [5, 5.41) is -0.0660. The van der Waals surface area contributed by atoms with Crippen molar-refractivity contribution in [2.24, 2.45) is 5.84 Å². The van der Waals surface area contributed by atoms with Crippen LogP contribution in [0.25, 0.3) is 0 Å². The molecule has 1 aliphatic heterocycles. The summed E-state index contributed by atoms with van der Waals surface area (Å²) in [4.78, 5) is 6.22. The van der Waals surface area contributed by atoms with Gasteiger partial charge in [-0.25, -0.2) is 18.1 Å². The molecule has 0 amide bonds. The summed E-state index contributed by atoms with van der Waals surface area (Å²) in [5.74, 6) is 5.30. The van der Waals surface area contributed by atoms with Gasteiger partial charge in [0.2, 0.25) is 0 Å². The summed E-state index contributed by atoms with van der Waals surface area (Å²) < 4.78 is 26.8. The second-order valence-electron chi connectivity index (χ2n) is 4.80. The number of pyridine rings is 1. The number of hydrazine groups is 1. The minimum atomic E-state index is -3.62. The summed E-state index contributed by atoms with van der Waals surface area (Å²) in [6, 6.07) is 3.20. The molecular weight excluding hydrogens is 278 g/mol. The van der Waals surface area contributed by atoms with Gasteiger partial charge in [-0.05, 0) is 51.0 Å². The van der Waals surface area contributed by atoms with Gasteiger partial charge in [0.05, 0.1) is 5.69 Å². The molecule has 8 heteroatoms. The van der Waals surface area contributed by atoms with Crippen LogP contribution in [0.15, 0.2) is 23.4 Å². The minimum Gasteiger partial charge on any atom is -0.321 e. The highest BCUT2D eigenvalue weighted by molar-refractivity contribution is 7.89. The molecule has 0 saturated carbocycles.